The van der Waals surface area contributed by atoms with Crippen LogP contribution in [0, 0.1) is 5.92 Å². The molecule has 0 aromatic heterocycles. The van der Waals surface area contributed by atoms with Gasteiger partial charge in [0.05, 0.1) is 24.9 Å². The zero-order valence-electron chi connectivity index (χ0n) is 11.9. The van der Waals surface area contributed by atoms with Crippen LogP contribution in [-0.2, 0) is 9.47 Å². The third-order valence-electron chi connectivity index (χ3n) is 2.59. The van der Waals surface area contributed by atoms with Crippen molar-refractivity contribution in [2.24, 2.45) is 5.92 Å². The van der Waals surface area contributed by atoms with Crippen LogP contribution >= 0.6 is 0 Å². The number of ether oxygens (including phenoxy) is 2. The maximum Gasteiger partial charge on any atom is 0.0897 e. The lowest BCUT2D eigenvalue weighted by Crippen LogP contribution is -2.35. The Labute approximate surface area is 106 Å². The van der Waals surface area contributed by atoms with Crippen LogP contribution in [0.2, 0.25) is 0 Å². The SMILES string of the molecule is COC(C)CNCC(O)COC(C)CC(C)C. The molecule has 0 aromatic carbocycles. The Hall–Kier alpha value is -0.160. The first-order chi connectivity index (χ1) is 7.95. The van der Waals surface area contributed by atoms with Gasteiger partial charge in [0.2, 0.25) is 0 Å². The number of nitrogens with one attached hydrogen (secondary N) is 1. The summed E-state index contributed by atoms with van der Waals surface area (Å²) in [7, 11) is 1.68. The molecule has 0 aliphatic carbocycles. The summed E-state index contributed by atoms with van der Waals surface area (Å²) in [6.07, 6.45) is 0.958. The van der Waals surface area contributed by atoms with E-state index in [0.717, 1.165) is 13.0 Å². The van der Waals surface area contributed by atoms with Gasteiger partial charge in [-0.1, -0.05) is 13.8 Å². The fourth-order valence-corrected chi connectivity index (χ4v) is 1.60. The molecule has 2 N–H and O–H groups in total. The van der Waals surface area contributed by atoms with Crippen molar-refractivity contribution in [2.75, 3.05) is 26.8 Å². The molecular weight excluding hydrogens is 218 g/mol. The highest BCUT2D eigenvalue weighted by Gasteiger charge is 2.09. The molecule has 0 aliphatic heterocycles. The van der Waals surface area contributed by atoms with Crippen LogP contribution in [0.15, 0.2) is 0 Å². The molecule has 104 valence electrons. The van der Waals surface area contributed by atoms with E-state index in [9.17, 15) is 5.11 Å². The van der Waals surface area contributed by atoms with Crippen LogP contribution < -0.4 is 5.32 Å². The molecule has 0 rings (SSSR count). The third kappa shape index (κ3) is 10.7. The van der Waals surface area contributed by atoms with Crippen LogP contribution in [0.3, 0.4) is 0 Å². The van der Waals surface area contributed by atoms with E-state index in [2.05, 4.69) is 19.2 Å². The maximum atomic E-state index is 9.69. The highest BCUT2D eigenvalue weighted by molar-refractivity contribution is 4.63. The molecule has 4 nitrogen and oxygen atoms in total. The zero-order chi connectivity index (χ0) is 13.3. The summed E-state index contributed by atoms with van der Waals surface area (Å²) in [5.74, 6) is 0.628. The molecule has 0 fully saturated rings. The Morgan fingerprint density at radius 3 is 2.24 bits per heavy atom. The van der Waals surface area contributed by atoms with Gasteiger partial charge in [0.25, 0.3) is 0 Å². The van der Waals surface area contributed by atoms with Gasteiger partial charge in [-0.2, -0.15) is 0 Å². The van der Waals surface area contributed by atoms with Crippen molar-refractivity contribution < 1.29 is 14.6 Å². The fraction of sp³-hybridized carbons (Fsp3) is 1.00. The van der Waals surface area contributed by atoms with E-state index in [-0.39, 0.29) is 12.2 Å². The Balaban J connectivity index is 3.48. The molecule has 0 amide bonds. The first-order valence-corrected chi connectivity index (χ1v) is 6.48. The summed E-state index contributed by atoms with van der Waals surface area (Å²) in [6.45, 7) is 10.1. The van der Waals surface area contributed by atoms with Crippen LogP contribution in [-0.4, -0.2) is 50.2 Å². The van der Waals surface area contributed by atoms with Gasteiger partial charge in [-0.25, -0.2) is 0 Å². The first-order valence-electron chi connectivity index (χ1n) is 6.48. The third-order valence-corrected chi connectivity index (χ3v) is 2.59. The van der Waals surface area contributed by atoms with Crippen molar-refractivity contribution in [1.29, 1.82) is 0 Å². The van der Waals surface area contributed by atoms with Crippen LogP contribution in [0.4, 0.5) is 0 Å². The minimum absolute atomic E-state index is 0.169. The average molecular weight is 247 g/mol. The molecule has 0 spiro atoms. The van der Waals surface area contributed by atoms with E-state index in [1.807, 2.05) is 13.8 Å². The highest BCUT2D eigenvalue weighted by atomic mass is 16.5. The number of hydrogen-bond acceptors (Lipinski definition) is 4. The van der Waals surface area contributed by atoms with Gasteiger partial charge < -0.3 is 19.9 Å². The molecule has 0 aromatic rings. The average Bonchev–Trinajstić information content (AvgIpc) is 2.25. The number of rotatable bonds is 10. The second-order valence-corrected chi connectivity index (χ2v) is 5.13. The lowest BCUT2D eigenvalue weighted by atomic mass is 10.1. The summed E-state index contributed by atoms with van der Waals surface area (Å²) in [5, 5.41) is 12.8. The summed E-state index contributed by atoms with van der Waals surface area (Å²) in [6, 6.07) is 0. The van der Waals surface area contributed by atoms with Gasteiger partial charge in [-0.3, -0.25) is 0 Å². The lowest BCUT2D eigenvalue weighted by Gasteiger charge is -2.19. The van der Waals surface area contributed by atoms with Gasteiger partial charge in [0, 0.05) is 20.2 Å². The molecule has 0 saturated heterocycles. The standard InChI is InChI=1S/C13H29NO3/c1-10(2)6-11(3)17-9-13(15)8-14-7-12(4)16-5/h10-15H,6-9H2,1-5H3. The summed E-state index contributed by atoms with van der Waals surface area (Å²) in [4.78, 5) is 0. The van der Waals surface area contributed by atoms with Crippen molar-refractivity contribution in [3.63, 3.8) is 0 Å². The Bertz CT molecular complexity index is 176. The Kier molecular flexibility index (Phi) is 9.74. The first kappa shape index (κ1) is 16.8. The molecule has 0 bridgehead atoms. The molecule has 4 heteroatoms. The van der Waals surface area contributed by atoms with E-state index in [4.69, 9.17) is 9.47 Å². The van der Waals surface area contributed by atoms with Crippen LogP contribution in [0.1, 0.15) is 34.1 Å². The molecule has 3 unspecified atom stereocenters. The fourth-order valence-electron chi connectivity index (χ4n) is 1.60. The summed E-state index contributed by atoms with van der Waals surface area (Å²) >= 11 is 0. The zero-order valence-corrected chi connectivity index (χ0v) is 11.9. The van der Waals surface area contributed by atoms with Crippen molar-refractivity contribution in [2.45, 2.75) is 52.4 Å². The monoisotopic (exact) mass is 247 g/mol. The minimum Gasteiger partial charge on any atom is -0.389 e. The van der Waals surface area contributed by atoms with E-state index in [0.29, 0.717) is 19.1 Å². The smallest absolute Gasteiger partial charge is 0.0897 e. The molecule has 0 radical (unpaired) electrons. The molecule has 3 atom stereocenters. The Morgan fingerprint density at radius 2 is 1.71 bits per heavy atom. The van der Waals surface area contributed by atoms with Crippen molar-refractivity contribution in [3.8, 4) is 0 Å². The second-order valence-electron chi connectivity index (χ2n) is 5.13. The quantitative estimate of drug-likeness (QED) is 0.613. The summed E-state index contributed by atoms with van der Waals surface area (Å²) in [5.41, 5.74) is 0. The van der Waals surface area contributed by atoms with Crippen LogP contribution in [0.25, 0.3) is 0 Å². The van der Waals surface area contributed by atoms with E-state index in [1.165, 1.54) is 0 Å². The molecule has 17 heavy (non-hydrogen) atoms. The Morgan fingerprint density at radius 1 is 1.06 bits per heavy atom. The van der Waals surface area contributed by atoms with E-state index >= 15 is 0 Å². The largest absolute Gasteiger partial charge is 0.389 e. The number of aliphatic hydroxyl groups is 1. The highest BCUT2D eigenvalue weighted by Crippen LogP contribution is 2.07. The van der Waals surface area contributed by atoms with Crippen molar-refractivity contribution >= 4 is 0 Å². The second kappa shape index (κ2) is 9.83. The summed E-state index contributed by atoms with van der Waals surface area (Å²) < 4.78 is 10.7. The van der Waals surface area contributed by atoms with Gasteiger partial charge in [0.1, 0.15) is 0 Å². The molecule has 0 heterocycles. The van der Waals surface area contributed by atoms with Crippen LogP contribution in [0.5, 0.6) is 0 Å². The molecule has 0 saturated carbocycles. The van der Waals surface area contributed by atoms with Gasteiger partial charge in [-0.15, -0.1) is 0 Å². The number of hydrogen-bond donors (Lipinski definition) is 2. The maximum absolute atomic E-state index is 9.69. The predicted molar refractivity (Wildman–Crippen MR) is 70.2 cm³/mol. The number of methoxy groups -OCH3 is 1. The van der Waals surface area contributed by atoms with Crippen molar-refractivity contribution in [3.05, 3.63) is 0 Å². The van der Waals surface area contributed by atoms with Gasteiger partial charge in [-0.05, 0) is 26.2 Å². The predicted octanol–water partition coefficient (Wildman–Crippen LogP) is 1.42. The van der Waals surface area contributed by atoms with E-state index in [1.54, 1.807) is 7.11 Å². The number of aliphatic hydroxyl groups excluding tert-OH is 1. The normalized spacial score (nSPS) is 17.1. The van der Waals surface area contributed by atoms with Gasteiger partial charge >= 0.3 is 0 Å². The van der Waals surface area contributed by atoms with E-state index < -0.39 is 6.10 Å². The molecule has 0 aliphatic rings. The minimum atomic E-state index is -0.450. The topological polar surface area (TPSA) is 50.7 Å². The molecular formula is C13H29NO3. The lowest BCUT2D eigenvalue weighted by molar-refractivity contribution is -0.00948. The van der Waals surface area contributed by atoms with Gasteiger partial charge in [0.15, 0.2) is 0 Å². The van der Waals surface area contributed by atoms with Crippen molar-refractivity contribution in [1.82, 2.24) is 5.32 Å².